The van der Waals surface area contributed by atoms with E-state index in [0.717, 1.165) is 6.07 Å². The number of rotatable bonds is 1. The predicted molar refractivity (Wildman–Crippen MR) is 51.7 cm³/mol. The zero-order valence-corrected chi connectivity index (χ0v) is 8.40. The van der Waals surface area contributed by atoms with Gasteiger partial charge in [-0.2, -0.15) is 0 Å². The van der Waals surface area contributed by atoms with Crippen LogP contribution in [0.2, 0.25) is 0 Å². The van der Waals surface area contributed by atoms with Gasteiger partial charge in [0.1, 0.15) is 0 Å². The van der Waals surface area contributed by atoms with E-state index < -0.39 is 11.6 Å². The van der Waals surface area contributed by atoms with Crippen molar-refractivity contribution in [1.82, 2.24) is 0 Å². The highest BCUT2D eigenvalue weighted by Crippen LogP contribution is 2.10. The van der Waals surface area contributed by atoms with Crippen LogP contribution in [0, 0.1) is 11.6 Å². The summed E-state index contributed by atoms with van der Waals surface area (Å²) in [7, 11) is 0. The molecule has 0 radical (unpaired) electrons. The molecule has 0 nitrogen and oxygen atoms in total. The maximum atomic E-state index is 12.6. The van der Waals surface area contributed by atoms with Crippen molar-refractivity contribution in [2.45, 2.75) is 33.6 Å². The SMILES string of the molecule is CCC.CCc1cccc(F)c1F. The third-order valence-electron chi connectivity index (χ3n) is 1.41. The van der Waals surface area contributed by atoms with E-state index in [1.807, 2.05) is 0 Å². The lowest BCUT2D eigenvalue weighted by Crippen LogP contribution is -1.90. The molecule has 0 N–H and O–H groups in total. The van der Waals surface area contributed by atoms with E-state index in [9.17, 15) is 8.78 Å². The summed E-state index contributed by atoms with van der Waals surface area (Å²) in [5.41, 5.74) is 0.431. The molecule has 0 aliphatic heterocycles. The molecule has 0 amide bonds. The van der Waals surface area contributed by atoms with E-state index in [1.54, 1.807) is 13.0 Å². The zero-order valence-electron chi connectivity index (χ0n) is 8.40. The number of benzene rings is 1. The molecule has 1 aromatic carbocycles. The topological polar surface area (TPSA) is 0 Å². The van der Waals surface area contributed by atoms with Gasteiger partial charge in [-0.25, -0.2) is 8.78 Å². The summed E-state index contributed by atoms with van der Waals surface area (Å²) in [4.78, 5) is 0. The van der Waals surface area contributed by atoms with E-state index in [-0.39, 0.29) is 0 Å². The van der Waals surface area contributed by atoms with Gasteiger partial charge in [0.25, 0.3) is 0 Å². The van der Waals surface area contributed by atoms with E-state index in [4.69, 9.17) is 0 Å². The molecule has 0 bridgehead atoms. The highest BCUT2D eigenvalue weighted by atomic mass is 19.2. The van der Waals surface area contributed by atoms with Gasteiger partial charge in [0, 0.05) is 0 Å². The summed E-state index contributed by atoms with van der Waals surface area (Å²) < 4.78 is 25.0. The van der Waals surface area contributed by atoms with Crippen molar-refractivity contribution >= 4 is 0 Å². The van der Waals surface area contributed by atoms with Crippen LogP contribution in [0.5, 0.6) is 0 Å². The fourth-order valence-corrected chi connectivity index (χ4v) is 0.822. The quantitative estimate of drug-likeness (QED) is 0.623. The Balaban J connectivity index is 0.000000424. The summed E-state index contributed by atoms with van der Waals surface area (Å²) in [6, 6.07) is 4.21. The monoisotopic (exact) mass is 186 g/mol. The van der Waals surface area contributed by atoms with Crippen LogP contribution in [-0.4, -0.2) is 0 Å². The number of aryl methyl sites for hydroxylation is 1. The van der Waals surface area contributed by atoms with Crippen molar-refractivity contribution < 1.29 is 8.78 Å². The standard InChI is InChI=1S/C8H8F2.C3H8/c1-2-6-4-3-5-7(9)8(6)10;1-3-2/h3-5H,2H2,1H3;3H2,1-2H3. The largest absolute Gasteiger partial charge is 0.204 e. The summed E-state index contributed by atoms with van der Waals surface area (Å²) in [5, 5.41) is 0. The molecule has 0 fully saturated rings. The molecule has 0 spiro atoms. The van der Waals surface area contributed by atoms with Crippen molar-refractivity contribution in [1.29, 1.82) is 0 Å². The lowest BCUT2D eigenvalue weighted by Gasteiger charge is -1.97. The second-order valence-corrected chi connectivity index (χ2v) is 2.77. The van der Waals surface area contributed by atoms with Crippen LogP contribution in [-0.2, 0) is 6.42 Å². The molecule has 0 heterocycles. The lowest BCUT2D eigenvalue weighted by atomic mass is 10.1. The average molecular weight is 186 g/mol. The van der Waals surface area contributed by atoms with Gasteiger partial charge < -0.3 is 0 Å². The van der Waals surface area contributed by atoms with E-state index in [0.29, 0.717) is 12.0 Å². The second-order valence-electron chi connectivity index (χ2n) is 2.77. The second kappa shape index (κ2) is 6.58. The molecular formula is C11H16F2. The predicted octanol–water partition coefficient (Wildman–Crippen LogP) is 3.94. The van der Waals surface area contributed by atoms with Crippen molar-refractivity contribution in [3.8, 4) is 0 Å². The first kappa shape index (κ1) is 12.1. The Morgan fingerprint density at radius 1 is 1.08 bits per heavy atom. The highest BCUT2D eigenvalue weighted by Gasteiger charge is 2.03. The molecule has 2 heteroatoms. The number of halogens is 2. The number of hydrogen-bond donors (Lipinski definition) is 0. The van der Waals surface area contributed by atoms with E-state index in [2.05, 4.69) is 13.8 Å². The molecular weight excluding hydrogens is 170 g/mol. The van der Waals surface area contributed by atoms with Crippen molar-refractivity contribution in [2.24, 2.45) is 0 Å². The molecule has 0 aliphatic rings. The average Bonchev–Trinajstić information content (AvgIpc) is 2.11. The smallest absolute Gasteiger partial charge is 0.161 e. The van der Waals surface area contributed by atoms with Crippen molar-refractivity contribution in [3.05, 3.63) is 35.4 Å². The molecule has 0 saturated carbocycles. The van der Waals surface area contributed by atoms with Gasteiger partial charge >= 0.3 is 0 Å². The normalized spacial score (nSPS) is 9.00. The lowest BCUT2D eigenvalue weighted by molar-refractivity contribution is 0.500. The van der Waals surface area contributed by atoms with E-state index in [1.165, 1.54) is 12.5 Å². The van der Waals surface area contributed by atoms with Gasteiger partial charge in [-0.3, -0.25) is 0 Å². The Bertz CT molecular complexity index is 244. The van der Waals surface area contributed by atoms with Crippen LogP contribution in [0.4, 0.5) is 8.78 Å². The van der Waals surface area contributed by atoms with Crippen LogP contribution < -0.4 is 0 Å². The van der Waals surface area contributed by atoms with Gasteiger partial charge in [0.2, 0.25) is 0 Å². The van der Waals surface area contributed by atoms with Gasteiger partial charge in [-0.15, -0.1) is 0 Å². The first-order chi connectivity index (χ1) is 6.17. The Morgan fingerprint density at radius 2 is 1.62 bits per heavy atom. The van der Waals surface area contributed by atoms with Gasteiger partial charge in [-0.05, 0) is 18.1 Å². The summed E-state index contributed by atoms with van der Waals surface area (Å²) in [6.45, 7) is 6.04. The molecule has 0 aliphatic carbocycles. The minimum Gasteiger partial charge on any atom is -0.204 e. The maximum Gasteiger partial charge on any atom is 0.161 e. The molecule has 1 aromatic rings. The van der Waals surface area contributed by atoms with Crippen LogP contribution in [0.25, 0.3) is 0 Å². The van der Waals surface area contributed by atoms with Crippen molar-refractivity contribution in [2.75, 3.05) is 0 Å². The van der Waals surface area contributed by atoms with Gasteiger partial charge in [-0.1, -0.05) is 39.3 Å². The van der Waals surface area contributed by atoms with Gasteiger partial charge in [0.05, 0.1) is 0 Å². The molecule has 0 saturated heterocycles. The molecule has 0 aromatic heterocycles. The highest BCUT2D eigenvalue weighted by molar-refractivity contribution is 5.18. The van der Waals surface area contributed by atoms with Crippen LogP contribution in [0.1, 0.15) is 32.8 Å². The first-order valence-corrected chi connectivity index (χ1v) is 4.60. The van der Waals surface area contributed by atoms with Crippen LogP contribution >= 0.6 is 0 Å². The third-order valence-corrected chi connectivity index (χ3v) is 1.41. The Hall–Kier alpha value is -0.920. The Labute approximate surface area is 78.6 Å². The maximum absolute atomic E-state index is 12.6. The summed E-state index contributed by atoms with van der Waals surface area (Å²) >= 11 is 0. The molecule has 1 rings (SSSR count). The number of hydrogen-bond acceptors (Lipinski definition) is 0. The third kappa shape index (κ3) is 4.02. The van der Waals surface area contributed by atoms with Crippen LogP contribution in [0.3, 0.4) is 0 Å². The van der Waals surface area contributed by atoms with Crippen LogP contribution in [0.15, 0.2) is 18.2 Å². The zero-order chi connectivity index (χ0) is 10.3. The molecule has 0 atom stereocenters. The minimum absolute atomic E-state index is 0.431. The fourth-order valence-electron chi connectivity index (χ4n) is 0.822. The first-order valence-electron chi connectivity index (χ1n) is 4.60. The molecule has 0 unspecified atom stereocenters. The molecule has 74 valence electrons. The van der Waals surface area contributed by atoms with Crippen molar-refractivity contribution in [3.63, 3.8) is 0 Å². The summed E-state index contributed by atoms with van der Waals surface area (Å²) in [6.07, 6.45) is 1.78. The fraction of sp³-hybridized carbons (Fsp3) is 0.455. The summed E-state index contributed by atoms with van der Waals surface area (Å²) in [5.74, 6) is -1.48. The minimum atomic E-state index is -0.764. The van der Waals surface area contributed by atoms with E-state index >= 15 is 0 Å². The Kier molecular flexibility index (Phi) is 6.11. The van der Waals surface area contributed by atoms with Gasteiger partial charge in [0.15, 0.2) is 11.6 Å². The Morgan fingerprint density at radius 3 is 2.00 bits per heavy atom. The molecule has 13 heavy (non-hydrogen) atoms.